The van der Waals surface area contributed by atoms with Crippen LogP contribution in [0, 0.1) is 0 Å². The minimum absolute atomic E-state index is 0.111. The molecule has 176 valence electrons. The number of hydrogen-bond donors (Lipinski definition) is 2. The molecular weight excluding hydrogens is 416 g/mol. The molecule has 32 heavy (non-hydrogen) atoms. The molecular formula is C21H32N6O5. The number of aromatic nitrogens is 2. The monoisotopic (exact) mass is 448 g/mol. The average molecular weight is 449 g/mol. The van der Waals surface area contributed by atoms with Gasteiger partial charge in [-0.2, -0.15) is 9.89 Å². The van der Waals surface area contributed by atoms with Crippen LogP contribution in [0.1, 0.15) is 11.7 Å². The normalized spacial score (nSPS) is 17.0. The van der Waals surface area contributed by atoms with Crippen LogP contribution in [-0.2, 0) is 18.9 Å². The zero-order valence-electron chi connectivity index (χ0n) is 18.4. The van der Waals surface area contributed by atoms with Gasteiger partial charge in [-0.1, -0.05) is 12.1 Å². The Bertz CT molecular complexity index is 893. The van der Waals surface area contributed by atoms with Crippen molar-refractivity contribution in [1.29, 1.82) is 0 Å². The lowest BCUT2D eigenvalue weighted by Crippen LogP contribution is -2.41. The van der Waals surface area contributed by atoms with E-state index in [0.29, 0.717) is 64.8 Å². The standard InChI is InChI=1S/C21H32N6O5/c1-28-9-10-29-11-12-30-13-14-31-18-4-2-3-17(15-18)19-16-26(7-8-32-19)21-6-5-20(24-22)27(23)25-21/h2-6,15,19H,7-14,16,22-23H2,1H3/b24-20-. The van der Waals surface area contributed by atoms with Crippen molar-refractivity contribution in [2.45, 2.75) is 6.10 Å². The summed E-state index contributed by atoms with van der Waals surface area (Å²) in [5.74, 6) is 12.6. The first-order valence-electron chi connectivity index (χ1n) is 10.5. The van der Waals surface area contributed by atoms with E-state index in [1.165, 1.54) is 4.79 Å². The molecule has 1 atom stereocenters. The summed E-state index contributed by atoms with van der Waals surface area (Å²) in [5.41, 5.74) is 1.43. The number of nitrogen functional groups attached to an aromatic ring is 1. The van der Waals surface area contributed by atoms with Crippen LogP contribution in [0.15, 0.2) is 41.5 Å². The molecule has 2 heterocycles. The van der Waals surface area contributed by atoms with E-state index >= 15 is 0 Å². The summed E-state index contributed by atoms with van der Waals surface area (Å²) < 4.78 is 27.6. The maximum atomic E-state index is 5.99. The minimum Gasteiger partial charge on any atom is -0.491 e. The number of hydrogen-bond acceptors (Lipinski definition) is 10. The molecule has 2 aromatic rings. The Hall–Kier alpha value is -2.86. The van der Waals surface area contributed by atoms with Gasteiger partial charge in [-0.15, -0.1) is 5.10 Å². The Morgan fingerprint density at radius 2 is 1.88 bits per heavy atom. The van der Waals surface area contributed by atoms with Gasteiger partial charge < -0.3 is 40.3 Å². The Balaban J connectivity index is 1.47. The lowest BCUT2D eigenvalue weighted by molar-refractivity contribution is 0.0179. The van der Waals surface area contributed by atoms with Crippen molar-refractivity contribution < 1.29 is 23.7 Å². The van der Waals surface area contributed by atoms with Gasteiger partial charge in [-0.3, -0.25) is 0 Å². The Morgan fingerprint density at radius 1 is 1.09 bits per heavy atom. The number of nitrogens with zero attached hydrogens (tertiary/aromatic N) is 4. The van der Waals surface area contributed by atoms with Crippen LogP contribution in [0.25, 0.3) is 0 Å². The molecule has 3 rings (SSSR count). The lowest BCUT2D eigenvalue weighted by Gasteiger charge is -2.34. The minimum atomic E-state index is -0.111. The van der Waals surface area contributed by atoms with Gasteiger partial charge in [0.1, 0.15) is 18.5 Å². The first-order chi connectivity index (χ1) is 15.7. The summed E-state index contributed by atoms with van der Waals surface area (Å²) in [6, 6.07) is 11.5. The number of morpholine rings is 1. The molecule has 0 aliphatic carbocycles. The van der Waals surface area contributed by atoms with Crippen LogP contribution in [0.4, 0.5) is 5.82 Å². The maximum absolute atomic E-state index is 5.99. The van der Waals surface area contributed by atoms with Crippen LogP contribution in [0.5, 0.6) is 5.75 Å². The number of rotatable bonds is 12. The van der Waals surface area contributed by atoms with Crippen molar-refractivity contribution in [2.75, 3.05) is 77.2 Å². The van der Waals surface area contributed by atoms with Gasteiger partial charge in [0.05, 0.1) is 39.6 Å². The highest BCUT2D eigenvalue weighted by Crippen LogP contribution is 2.27. The van der Waals surface area contributed by atoms with Gasteiger partial charge in [-0.05, 0) is 29.8 Å². The molecule has 0 bridgehead atoms. The van der Waals surface area contributed by atoms with E-state index in [9.17, 15) is 0 Å². The Labute approximate surface area is 187 Å². The summed E-state index contributed by atoms with van der Waals surface area (Å²) in [4.78, 5) is 3.29. The Kier molecular flexibility index (Phi) is 9.57. The summed E-state index contributed by atoms with van der Waals surface area (Å²) >= 11 is 0. The van der Waals surface area contributed by atoms with Crippen LogP contribution in [0.2, 0.25) is 0 Å². The highest BCUT2D eigenvalue weighted by atomic mass is 16.6. The van der Waals surface area contributed by atoms with E-state index in [1.807, 2.05) is 30.3 Å². The third-order valence-electron chi connectivity index (χ3n) is 4.88. The first kappa shape index (κ1) is 23.8. The molecule has 0 amide bonds. The number of anilines is 1. The van der Waals surface area contributed by atoms with Gasteiger partial charge >= 0.3 is 0 Å². The van der Waals surface area contributed by atoms with Crippen LogP contribution < -0.4 is 26.8 Å². The van der Waals surface area contributed by atoms with Gasteiger partial charge in [0.25, 0.3) is 0 Å². The summed E-state index contributed by atoms with van der Waals surface area (Å²) in [6.07, 6.45) is -0.111. The molecule has 1 aromatic heterocycles. The van der Waals surface area contributed by atoms with Gasteiger partial charge in [0.2, 0.25) is 0 Å². The van der Waals surface area contributed by atoms with Crippen molar-refractivity contribution in [3.63, 3.8) is 0 Å². The summed E-state index contributed by atoms with van der Waals surface area (Å²) in [7, 11) is 1.65. The molecule has 4 N–H and O–H groups in total. The topological polar surface area (TPSA) is 132 Å². The van der Waals surface area contributed by atoms with Crippen molar-refractivity contribution in [3.8, 4) is 5.75 Å². The van der Waals surface area contributed by atoms with E-state index < -0.39 is 0 Å². The maximum Gasteiger partial charge on any atom is 0.190 e. The smallest absolute Gasteiger partial charge is 0.190 e. The fourth-order valence-corrected chi connectivity index (χ4v) is 3.24. The van der Waals surface area contributed by atoms with Crippen LogP contribution in [0.3, 0.4) is 0 Å². The highest BCUT2D eigenvalue weighted by Gasteiger charge is 2.23. The predicted octanol–water partition coefficient (Wildman–Crippen LogP) is 0.00760. The van der Waals surface area contributed by atoms with E-state index in [0.717, 1.165) is 17.1 Å². The highest BCUT2D eigenvalue weighted by molar-refractivity contribution is 5.39. The van der Waals surface area contributed by atoms with E-state index in [2.05, 4.69) is 15.1 Å². The Morgan fingerprint density at radius 3 is 2.62 bits per heavy atom. The van der Waals surface area contributed by atoms with E-state index in [1.54, 1.807) is 13.2 Å². The molecule has 11 nitrogen and oxygen atoms in total. The molecule has 11 heteroatoms. The molecule has 0 radical (unpaired) electrons. The molecule has 1 aromatic carbocycles. The second kappa shape index (κ2) is 12.9. The zero-order chi connectivity index (χ0) is 22.6. The van der Waals surface area contributed by atoms with Crippen molar-refractivity contribution in [1.82, 2.24) is 9.89 Å². The SMILES string of the molecule is COCCOCCOCCOc1cccc(C2CN(c3cc/c(=N/N)n(N)n3)CCO2)c1. The molecule has 1 unspecified atom stereocenters. The molecule has 0 saturated carbocycles. The van der Waals surface area contributed by atoms with Crippen LogP contribution >= 0.6 is 0 Å². The number of nitrogens with two attached hydrogens (primary N) is 2. The van der Waals surface area contributed by atoms with Crippen molar-refractivity contribution in [3.05, 3.63) is 47.4 Å². The molecule has 0 spiro atoms. The number of ether oxygens (including phenoxy) is 5. The quantitative estimate of drug-likeness (QED) is 0.262. The number of methoxy groups -OCH3 is 1. The van der Waals surface area contributed by atoms with Crippen LogP contribution in [-0.4, -0.2) is 76.3 Å². The molecule has 1 saturated heterocycles. The first-order valence-corrected chi connectivity index (χ1v) is 10.5. The van der Waals surface area contributed by atoms with Gasteiger partial charge in [0, 0.05) is 20.2 Å². The molecule has 1 aliphatic rings. The molecule has 1 aliphatic heterocycles. The fourth-order valence-electron chi connectivity index (χ4n) is 3.24. The molecule has 1 fully saturated rings. The summed E-state index contributed by atoms with van der Waals surface area (Å²) in [5, 5.41) is 7.92. The second-order valence-corrected chi connectivity index (χ2v) is 7.07. The number of benzene rings is 1. The zero-order valence-corrected chi connectivity index (χ0v) is 18.4. The lowest BCUT2D eigenvalue weighted by atomic mass is 10.1. The third-order valence-corrected chi connectivity index (χ3v) is 4.88. The van der Waals surface area contributed by atoms with E-state index in [-0.39, 0.29) is 6.10 Å². The van der Waals surface area contributed by atoms with Crippen molar-refractivity contribution >= 4 is 5.82 Å². The van der Waals surface area contributed by atoms with Gasteiger partial charge in [-0.25, -0.2) is 0 Å². The average Bonchev–Trinajstić information content (AvgIpc) is 2.83. The van der Waals surface area contributed by atoms with Crippen molar-refractivity contribution in [2.24, 2.45) is 10.9 Å². The third kappa shape index (κ3) is 7.09. The largest absolute Gasteiger partial charge is 0.491 e. The van der Waals surface area contributed by atoms with Gasteiger partial charge in [0.15, 0.2) is 11.3 Å². The fraction of sp³-hybridized carbons (Fsp3) is 0.524. The van der Waals surface area contributed by atoms with E-state index in [4.69, 9.17) is 35.4 Å². The predicted molar refractivity (Wildman–Crippen MR) is 118 cm³/mol. The second-order valence-electron chi connectivity index (χ2n) is 7.07. The summed E-state index contributed by atoms with van der Waals surface area (Å²) in [6.45, 7) is 5.09.